The zero-order valence-electron chi connectivity index (χ0n) is 16.2. The van der Waals surface area contributed by atoms with Gasteiger partial charge in [-0.05, 0) is 43.7 Å². The molecule has 0 atom stereocenters. The maximum absolute atomic E-state index is 13.2. The minimum atomic E-state index is -4.80. The molecule has 1 aliphatic heterocycles. The fraction of sp³-hybridized carbons (Fsp3) is 0.316. The van der Waals surface area contributed by atoms with Crippen LogP contribution in [0.25, 0.3) is 0 Å². The average molecular weight is 446 g/mol. The largest absolute Gasteiger partial charge is 0.433 e. The summed E-state index contributed by atoms with van der Waals surface area (Å²) in [5.74, 6) is -0.796. The first-order valence-corrected chi connectivity index (χ1v) is 8.79. The lowest BCUT2D eigenvalue weighted by Crippen LogP contribution is -2.43. The molecule has 1 aromatic heterocycles. The second-order valence-electron chi connectivity index (χ2n) is 7.39. The Bertz CT molecular complexity index is 1030. The van der Waals surface area contributed by atoms with Gasteiger partial charge in [0.2, 0.25) is 0 Å². The van der Waals surface area contributed by atoms with Crippen molar-refractivity contribution in [2.75, 3.05) is 10.6 Å². The highest BCUT2D eigenvalue weighted by Crippen LogP contribution is 2.39. The zero-order chi connectivity index (χ0) is 23.4. The molecule has 1 saturated heterocycles. The van der Waals surface area contributed by atoms with Crippen molar-refractivity contribution >= 4 is 23.3 Å². The molecule has 0 radical (unpaired) electrons. The van der Waals surface area contributed by atoms with E-state index in [2.05, 4.69) is 4.98 Å². The zero-order valence-corrected chi connectivity index (χ0v) is 16.2. The summed E-state index contributed by atoms with van der Waals surface area (Å²) in [5.41, 5.74) is 0.885. The first-order valence-electron chi connectivity index (χ1n) is 8.79. The highest BCUT2D eigenvalue weighted by atomic mass is 19.4. The topological polar surface area (TPSA) is 79.5 Å². The molecule has 0 unspecified atom stereocenters. The summed E-state index contributed by atoms with van der Waals surface area (Å²) in [6.07, 6.45) is -8.52. The van der Waals surface area contributed by atoms with Gasteiger partial charge >= 0.3 is 18.4 Å². The van der Waals surface area contributed by atoms with Gasteiger partial charge in [0.15, 0.2) is 0 Å². The first-order chi connectivity index (χ1) is 14.1. The highest BCUT2D eigenvalue weighted by Gasteiger charge is 2.52. The second-order valence-corrected chi connectivity index (χ2v) is 7.39. The van der Waals surface area contributed by atoms with Crippen LogP contribution in [-0.2, 0) is 23.7 Å². The number of amides is 3. The lowest BCUT2D eigenvalue weighted by Gasteiger charge is -2.27. The van der Waals surface area contributed by atoms with Crippen LogP contribution in [0.3, 0.4) is 0 Å². The molecule has 1 fully saturated rings. The van der Waals surface area contributed by atoms with Crippen molar-refractivity contribution in [2.24, 2.45) is 0 Å². The van der Waals surface area contributed by atoms with E-state index in [9.17, 15) is 35.9 Å². The Hall–Kier alpha value is -3.31. The number of nitrogens with zero attached hydrogens (tertiary/aromatic N) is 3. The minimum Gasteiger partial charge on any atom is -0.398 e. The molecule has 1 aliphatic rings. The molecule has 3 rings (SSSR count). The molecule has 0 spiro atoms. The van der Waals surface area contributed by atoms with Crippen molar-refractivity contribution in [3.05, 3.63) is 53.3 Å². The van der Waals surface area contributed by atoms with E-state index in [1.54, 1.807) is 0 Å². The molecule has 6 nitrogen and oxygen atoms in total. The molecule has 3 amide bonds. The van der Waals surface area contributed by atoms with Gasteiger partial charge < -0.3 is 10.6 Å². The predicted molar refractivity (Wildman–Crippen MR) is 97.6 cm³/mol. The third-order valence-corrected chi connectivity index (χ3v) is 4.88. The van der Waals surface area contributed by atoms with E-state index in [1.165, 1.54) is 13.8 Å². The van der Waals surface area contributed by atoms with Crippen LogP contribution in [0.4, 0.5) is 42.5 Å². The third kappa shape index (κ3) is 4.01. The van der Waals surface area contributed by atoms with Crippen LogP contribution in [0.2, 0.25) is 0 Å². The number of nitrogens with two attached hydrogens (primary N) is 1. The van der Waals surface area contributed by atoms with Gasteiger partial charge in [-0.25, -0.2) is 9.69 Å². The number of benzene rings is 1. The van der Waals surface area contributed by atoms with E-state index >= 15 is 0 Å². The van der Waals surface area contributed by atoms with Gasteiger partial charge in [0, 0.05) is 11.9 Å². The maximum Gasteiger partial charge on any atom is 0.433 e. The first kappa shape index (κ1) is 22.4. The SMILES string of the molecule is CC1(C)C(=O)N(c2ccc(N)c(C(F)(F)F)c2)C(=O)N1Cc1ccc(C(F)(F)F)nc1. The quantitative estimate of drug-likeness (QED) is 0.429. The lowest BCUT2D eigenvalue weighted by molar-refractivity contribution is -0.141. The molecular weight excluding hydrogens is 430 g/mol. The molecule has 2 aromatic rings. The molecule has 0 saturated carbocycles. The molecular formula is C19H16F6N4O2. The summed E-state index contributed by atoms with van der Waals surface area (Å²) in [6, 6.07) is 3.57. The standard InChI is InChI=1S/C19H16F6N4O2/c1-17(2)15(30)29(11-4-5-13(26)12(7-11)18(20,21)22)16(31)28(17)9-10-3-6-14(27-8-10)19(23,24)25/h3-8H,9,26H2,1-2H3. The van der Waals surface area contributed by atoms with Crippen molar-refractivity contribution in [3.63, 3.8) is 0 Å². The summed E-state index contributed by atoms with van der Waals surface area (Å²) in [7, 11) is 0. The normalized spacial score (nSPS) is 16.9. The van der Waals surface area contributed by atoms with E-state index in [1.807, 2.05) is 0 Å². The Balaban J connectivity index is 1.94. The van der Waals surface area contributed by atoms with Crippen LogP contribution in [0.5, 0.6) is 0 Å². The highest BCUT2D eigenvalue weighted by molar-refractivity contribution is 6.23. The number of hydrogen-bond donors (Lipinski definition) is 1. The van der Waals surface area contributed by atoms with Crippen LogP contribution in [0.1, 0.15) is 30.7 Å². The van der Waals surface area contributed by atoms with Gasteiger partial charge in [-0.2, -0.15) is 26.3 Å². The lowest BCUT2D eigenvalue weighted by atomic mass is 10.0. The number of hydrogen-bond acceptors (Lipinski definition) is 4. The number of urea groups is 1. The maximum atomic E-state index is 13.2. The summed E-state index contributed by atoms with van der Waals surface area (Å²) < 4.78 is 77.6. The van der Waals surface area contributed by atoms with Gasteiger partial charge in [0.1, 0.15) is 11.2 Å². The molecule has 12 heteroatoms. The van der Waals surface area contributed by atoms with Crippen LogP contribution >= 0.6 is 0 Å². The molecule has 31 heavy (non-hydrogen) atoms. The van der Waals surface area contributed by atoms with Crippen molar-refractivity contribution < 1.29 is 35.9 Å². The second kappa shape index (κ2) is 7.13. The van der Waals surface area contributed by atoms with Crippen LogP contribution in [-0.4, -0.2) is 27.4 Å². The summed E-state index contributed by atoms with van der Waals surface area (Å²) in [4.78, 5) is 30.7. The average Bonchev–Trinajstić information content (AvgIpc) is 2.81. The van der Waals surface area contributed by atoms with Crippen LogP contribution in [0, 0.1) is 0 Å². The van der Waals surface area contributed by atoms with E-state index in [0.717, 1.165) is 35.4 Å². The Morgan fingerprint density at radius 1 is 1.00 bits per heavy atom. The van der Waals surface area contributed by atoms with Crippen molar-refractivity contribution in [2.45, 2.75) is 38.3 Å². The Morgan fingerprint density at radius 3 is 2.16 bits per heavy atom. The van der Waals surface area contributed by atoms with Gasteiger partial charge in [0.25, 0.3) is 5.91 Å². The molecule has 2 N–H and O–H groups in total. The number of alkyl halides is 6. The van der Waals surface area contributed by atoms with Gasteiger partial charge in [-0.1, -0.05) is 6.07 Å². The molecule has 166 valence electrons. The molecule has 1 aromatic carbocycles. The molecule has 0 bridgehead atoms. The Morgan fingerprint density at radius 2 is 1.65 bits per heavy atom. The third-order valence-electron chi connectivity index (χ3n) is 4.88. The number of pyridine rings is 1. The number of rotatable bonds is 3. The molecule has 2 heterocycles. The van der Waals surface area contributed by atoms with Crippen LogP contribution < -0.4 is 10.6 Å². The monoisotopic (exact) mass is 446 g/mol. The van der Waals surface area contributed by atoms with Crippen molar-refractivity contribution in [1.29, 1.82) is 0 Å². The summed E-state index contributed by atoms with van der Waals surface area (Å²) in [5, 5.41) is 0. The number of halogens is 6. The van der Waals surface area contributed by atoms with E-state index < -0.39 is 46.8 Å². The van der Waals surface area contributed by atoms with Crippen molar-refractivity contribution in [1.82, 2.24) is 9.88 Å². The fourth-order valence-electron chi connectivity index (χ4n) is 3.13. The number of imide groups is 1. The van der Waals surface area contributed by atoms with E-state index in [4.69, 9.17) is 5.73 Å². The van der Waals surface area contributed by atoms with E-state index in [-0.39, 0.29) is 17.8 Å². The fourth-order valence-corrected chi connectivity index (χ4v) is 3.13. The number of nitrogen functional groups attached to an aromatic ring is 1. The van der Waals surface area contributed by atoms with E-state index in [0.29, 0.717) is 11.0 Å². The van der Waals surface area contributed by atoms with Gasteiger partial charge in [0.05, 0.1) is 17.8 Å². The smallest absolute Gasteiger partial charge is 0.398 e. The number of anilines is 2. The van der Waals surface area contributed by atoms with Gasteiger partial charge in [-0.3, -0.25) is 9.78 Å². The number of carbonyl (C=O) groups excluding carboxylic acids is 2. The minimum absolute atomic E-state index is 0.206. The number of carbonyl (C=O) groups is 2. The Labute approximate surface area is 172 Å². The van der Waals surface area contributed by atoms with Crippen LogP contribution in [0.15, 0.2) is 36.5 Å². The predicted octanol–water partition coefficient (Wildman–Crippen LogP) is 4.45. The summed E-state index contributed by atoms with van der Waals surface area (Å²) >= 11 is 0. The summed E-state index contributed by atoms with van der Waals surface area (Å²) in [6.45, 7) is 2.49. The Kier molecular flexibility index (Phi) is 5.15. The van der Waals surface area contributed by atoms with Gasteiger partial charge in [-0.15, -0.1) is 0 Å². The molecule has 0 aliphatic carbocycles. The van der Waals surface area contributed by atoms with Crippen molar-refractivity contribution in [3.8, 4) is 0 Å². The number of aromatic nitrogens is 1.